The fraction of sp³-hybridized carbons (Fsp3) is 0.467. The maximum Gasteiger partial charge on any atom is 0.305 e. The van der Waals surface area contributed by atoms with Crippen molar-refractivity contribution in [1.29, 1.82) is 0 Å². The molecule has 0 atom stereocenters. The van der Waals surface area contributed by atoms with Crippen LogP contribution in [-0.4, -0.2) is 26.9 Å². The van der Waals surface area contributed by atoms with Crippen molar-refractivity contribution in [3.63, 3.8) is 0 Å². The molecule has 0 saturated carbocycles. The van der Waals surface area contributed by atoms with Crippen LogP contribution in [0.15, 0.2) is 24.3 Å². The van der Waals surface area contributed by atoms with Crippen molar-refractivity contribution < 1.29 is 14.3 Å². The lowest BCUT2D eigenvalue weighted by atomic mass is 10.1. The molecule has 1 aromatic rings. The molecule has 1 aromatic carbocycles. The summed E-state index contributed by atoms with van der Waals surface area (Å²) in [6.07, 6.45) is 1.23. The first-order chi connectivity index (χ1) is 8.84. The van der Waals surface area contributed by atoms with Crippen molar-refractivity contribution in [1.82, 2.24) is 0 Å². The third kappa shape index (κ3) is 4.99. The molecule has 3 nitrogen and oxygen atoms in total. The van der Waals surface area contributed by atoms with E-state index in [0.717, 1.165) is 5.56 Å². The van der Waals surface area contributed by atoms with Crippen molar-refractivity contribution in [2.75, 3.05) is 7.11 Å². The third-order valence-corrected chi connectivity index (χ3v) is 5.15. The van der Waals surface area contributed by atoms with Gasteiger partial charge in [0, 0.05) is 18.4 Å². The summed E-state index contributed by atoms with van der Waals surface area (Å²) in [6, 6.07) is 7.90. The van der Waals surface area contributed by atoms with Gasteiger partial charge in [0.1, 0.15) is 0 Å². The van der Waals surface area contributed by atoms with Crippen LogP contribution in [0.2, 0.25) is 19.6 Å². The Balaban J connectivity index is 2.56. The lowest BCUT2D eigenvalue weighted by Crippen LogP contribution is -2.37. The van der Waals surface area contributed by atoms with E-state index < -0.39 is 8.07 Å². The summed E-state index contributed by atoms with van der Waals surface area (Å²) in [7, 11) is 0.0516. The van der Waals surface area contributed by atoms with Crippen LogP contribution >= 0.6 is 0 Å². The minimum atomic E-state index is -1.31. The van der Waals surface area contributed by atoms with Gasteiger partial charge in [-0.05, 0) is 6.42 Å². The second-order valence-electron chi connectivity index (χ2n) is 5.68. The number of hydrogen-bond donors (Lipinski definition) is 0. The predicted molar refractivity (Wildman–Crippen MR) is 79.6 cm³/mol. The fourth-order valence-electron chi connectivity index (χ4n) is 1.80. The van der Waals surface area contributed by atoms with Crippen molar-refractivity contribution in [2.24, 2.45) is 0 Å². The van der Waals surface area contributed by atoms with Gasteiger partial charge in [-0.25, -0.2) is 0 Å². The number of hydrogen-bond acceptors (Lipinski definition) is 3. The molecule has 0 aliphatic heterocycles. The summed E-state index contributed by atoms with van der Waals surface area (Å²) in [5.41, 5.74) is 0.729. The molecule has 0 unspecified atom stereocenters. The van der Waals surface area contributed by atoms with Crippen LogP contribution in [0.5, 0.6) is 0 Å². The zero-order valence-corrected chi connectivity index (χ0v) is 13.2. The first-order valence-corrected chi connectivity index (χ1v) is 10.0. The van der Waals surface area contributed by atoms with E-state index in [2.05, 4.69) is 36.5 Å². The Labute approximate surface area is 116 Å². The van der Waals surface area contributed by atoms with E-state index in [1.54, 1.807) is 0 Å². The zero-order valence-electron chi connectivity index (χ0n) is 12.2. The molecule has 0 aromatic heterocycles. The van der Waals surface area contributed by atoms with E-state index in [1.807, 2.05) is 12.1 Å². The molecular formula is C15H22O3Si. The number of rotatable bonds is 6. The van der Waals surface area contributed by atoms with Crippen LogP contribution < -0.4 is 5.19 Å². The van der Waals surface area contributed by atoms with E-state index >= 15 is 0 Å². The summed E-state index contributed by atoms with van der Waals surface area (Å²) in [5.74, 6) is -0.173. The van der Waals surface area contributed by atoms with Gasteiger partial charge in [0.05, 0.1) is 15.2 Å². The minimum absolute atomic E-state index is 0.0889. The predicted octanol–water partition coefficient (Wildman–Crippen LogP) is 2.76. The molecule has 0 radical (unpaired) electrons. The van der Waals surface area contributed by atoms with Gasteiger partial charge in [-0.15, -0.1) is 0 Å². The first kappa shape index (κ1) is 15.6. The van der Waals surface area contributed by atoms with Gasteiger partial charge >= 0.3 is 5.97 Å². The number of esters is 1. The molecule has 0 fully saturated rings. The average molecular weight is 278 g/mol. The Kier molecular flexibility index (Phi) is 5.48. The molecule has 104 valence electrons. The molecule has 0 saturated heterocycles. The van der Waals surface area contributed by atoms with Crippen LogP contribution in [0.25, 0.3) is 0 Å². The van der Waals surface area contributed by atoms with Crippen LogP contribution in [0, 0.1) is 0 Å². The lowest BCUT2D eigenvalue weighted by molar-refractivity contribution is -0.140. The molecule has 0 N–H and O–H groups in total. The van der Waals surface area contributed by atoms with Crippen molar-refractivity contribution in [3.05, 3.63) is 29.8 Å². The van der Waals surface area contributed by atoms with Gasteiger partial charge in [0.15, 0.2) is 5.78 Å². The normalized spacial score (nSPS) is 11.2. The highest BCUT2D eigenvalue weighted by Gasteiger charge is 2.16. The monoisotopic (exact) mass is 278 g/mol. The maximum atomic E-state index is 11.9. The number of benzene rings is 1. The number of ether oxygens (including phenoxy) is 1. The average Bonchev–Trinajstić information content (AvgIpc) is 2.37. The van der Waals surface area contributed by atoms with Gasteiger partial charge in [-0.3, -0.25) is 9.59 Å². The Morgan fingerprint density at radius 3 is 2.11 bits per heavy atom. The second-order valence-corrected chi connectivity index (χ2v) is 10.8. The second kappa shape index (κ2) is 6.66. The molecule has 0 bridgehead atoms. The maximum absolute atomic E-state index is 11.9. The van der Waals surface area contributed by atoms with Gasteiger partial charge in [-0.1, -0.05) is 49.1 Å². The Morgan fingerprint density at radius 2 is 1.63 bits per heavy atom. The van der Waals surface area contributed by atoms with Gasteiger partial charge < -0.3 is 4.74 Å². The van der Waals surface area contributed by atoms with Crippen molar-refractivity contribution in [2.45, 2.75) is 38.9 Å². The van der Waals surface area contributed by atoms with E-state index in [-0.39, 0.29) is 11.8 Å². The van der Waals surface area contributed by atoms with E-state index in [4.69, 9.17) is 0 Å². The number of carbonyl (C=O) groups is 2. The third-order valence-electron chi connectivity index (χ3n) is 3.09. The molecule has 0 spiro atoms. The molecule has 0 aliphatic carbocycles. The number of methoxy groups -OCH3 is 1. The summed E-state index contributed by atoms with van der Waals surface area (Å²) >= 11 is 0. The highest BCUT2D eigenvalue weighted by atomic mass is 28.3. The number of ketones is 1. The summed E-state index contributed by atoms with van der Waals surface area (Å²) in [4.78, 5) is 22.9. The van der Waals surface area contributed by atoms with Gasteiger partial charge in [0.25, 0.3) is 0 Å². The van der Waals surface area contributed by atoms with E-state index in [0.29, 0.717) is 19.3 Å². The standard InChI is InChI=1S/C15H22O3Si/c1-18-15(17)7-5-6-14(16)12-8-10-13(11-9-12)19(2,3)4/h8-11H,5-7H2,1-4H3. The summed E-state index contributed by atoms with van der Waals surface area (Å²) in [5, 5.41) is 1.35. The SMILES string of the molecule is COC(=O)CCCC(=O)c1ccc([Si](C)(C)C)cc1. The van der Waals surface area contributed by atoms with Gasteiger partial charge in [-0.2, -0.15) is 0 Å². The van der Waals surface area contributed by atoms with E-state index in [9.17, 15) is 9.59 Å². The molecule has 0 heterocycles. The summed E-state index contributed by atoms with van der Waals surface area (Å²) < 4.78 is 4.55. The number of Topliss-reactive ketones (excluding diaryl/α,β-unsaturated/α-hetero) is 1. The topological polar surface area (TPSA) is 43.4 Å². The quantitative estimate of drug-likeness (QED) is 0.456. The van der Waals surface area contributed by atoms with Crippen molar-refractivity contribution >= 4 is 25.0 Å². The Bertz CT molecular complexity index is 443. The molecule has 4 heteroatoms. The van der Waals surface area contributed by atoms with Crippen LogP contribution in [0.4, 0.5) is 0 Å². The largest absolute Gasteiger partial charge is 0.469 e. The molecule has 1 rings (SSSR count). The van der Waals surface area contributed by atoms with Crippen LogP contribution in [0.3, 0.4) is 0 Å². The first-order valence-electron chi connectivity index (χ1n) is 6.55. The Morgan fingerprint density at radius 1 is 1.05 bits per heavy atom. The van der Waals surface area contributed by atoms with Crippen molar-refractivity contribution in [3.8, 4) is 0 Å². The zero-order chi connectivity index (χ0) is 14.5. The Hall–Kier alpha value is -1.42. The molecule has 0 amide bonds. The highest BCUT2D eigenvalue weighted by molar-refractivity contribution is 6.88. The highest BCUT2D eigenvalue weighted by Crippen LogP contribution is 2.09. The van der Waals surface area contributed by atoms with Crippen LogP contribution in [-0.2, 0) is 9.53 Å². The van der Waals surface area contributed by atoms with Crippen LogP contribution in [0.1, 0.15) is 29.6 Å². The molecule has 0 aliphatic rings. The number of carbonyl (C=O) groups excluding carboxylic acids is 2. The molecular weight excluding hydrogens is 256 g/mol. The fourth-order valence-corrected chi connectivity index (χ4v) is 2.96. The van der Waals surface area contributed by atoms with E-state index in [1.165, 1.54) is 12.3 Å². The molecule has 19 heavy (non-hydrogen) atoms. The van der Waals surface area contributed by atoms with Gasteiger partial charge in [0.2, 0.25) is 0 Å². The lowest BCUT2D eigenvalue weighted by Gasteiger charge is -2.16. The minimum Gasteiger partial charge on any atom is -0.469 e. The smallest absolute Gasteiger partial charge is 0.305 e. The summed E-state index contributed by atoms with van der Waals surface area (Å²) in [6.45, 7) is 6.83.